The molecule has 0 bridgehead atoms. The van der Waals surface area contributed by atoms with Crippen LogP contribution in [0.2, 0.25) is 0 Å². The Kier molecular flexibility index (Phi) is 8.86. The van der Waals surface area contributed by atoms with Gasteiger partial charge in [-0.3, -0.25) is 9.59 Å². The van der Waals surface area contributed by atoms with Crippen LogP contribution in [0.25, 0.3) is 0 Å². The van der Waals surface area contributed by atoms with Crippen LogP contribution < -0.4 is 16.0 Å². The number of carbonyl (C=O) groups excluding carboxylic acids is 2. The van der Waals surface area contributed by atoms with Crippen molar-refractivity contribution < 1.29 is 14.0 Å². The molecule has 0 fully saturated rings. The Balaban J connectivity index is 1.61. The predicted octanol–water partition coefficient (Wildman–Crippen LogP) is 6.78. The van der Waals surface area contributed by atoms with E-state index in [4.69, 9.17) is 4.42 Å². The van der Waals surface area contributed by atoms with E-state index in [2.05, 4.69) is 22.0 Å². The molecule has 7 nitrogen and oxygen atoms in total. The van der Waals surface area contributed by atoms with Crippen LogP contribution in [-0.2, 0) is 16.0 Å². The fourth-order valence-electron chi connectivity index (χ4n) is 5.14. The Labute approximate surface area is 239 Å². The Morgan fingerprint density at radius 1 is 1.00 bits per heavy atom. The molecule has 0 saturated heterocycles. The minimum Gasteiger partial charge on any atom is -0.468 e. The number of benzene rings is 2. The molecule has 40 heavy (non-hydrogen) atoms. The first-order valence-electron chi connectivity index (χ1n) is 13.2. The van der Waals surface area contributed by atoms with Gasteiger partial charge in [-0.25, -0.2) is 0 Å². The van der Waals surface area contributed by atoms with Crippen LogP contribution in [0.5, 0.6) is 0 Å². The van der Waals surface area contributed by atoms with Crippen molar-refractivity contribution in [2.45, 2.75) is 53.9 Å². The van der Waals surface area contributed by atoms with E-state index in [9.17, 15) is 14.9 Å². The second kappa shape index (κ2) is 12.3. The minimum absolute atomic E-state index is 0.0897. The van der Waals surface area contributed by atoms with Gasteiger partial charge in [-0.1, -0.05) is 54.6 Å². The van der Waals surface area contributed by atoms with Crippen LogP contribution >= 0.6 is 11.8 Å². The third-order valence-corrected chi connectivity index (χ3v) is 8.00. The van der Waals surface area contributed by atoms with Crippen LogP contribution in [-0.4, -0.2) is 17.6 Å². The Morgan fingerprint density at radius 3 is 2.35 bits per heavy atom. The van der Waals surface area contributed by atoms with E-state index in [1.807, 2.05) is 65.0 Å². The number of anilines is 2. The molecule has 3 N–H and O–H groups in total. The quantitative estimate of drug-likeness (QED) is 0.283. The first-order chi connectivity index (χ1) is 19.1. The lowest BCUT2D eigenvalue weighted by Gasteiger charge is -2.28. The summed E-state index contributed by atoms with van der Waals surface area (Å²) in [5.74, 6) is -0.643. The number of nitrogens with zero attached hydrogens (tertiary/aromatic N) is 1. The van der Waals surface area contributed by atoms with E-state index in [-0.39, 0.29) is 17.6 Å². The summed E-state index contributed by atoms with van der Waals surface area (Å²) in [5.41, 5.74) is 7.98. The van der Waals surface area contributed by atoms with Crippen LogP contribution in [0.4, 0.5) is 11.4 Å². The highest BCUT2D eigenvalue weighted by Gasteiger charge is 2.36. The average molecular weight is 555 g/mol. The maximum absolute atomic E-state index is 13.7. The zero-order chi connectivity index (χ0) is 29.0. The molecule has 8 heteroatoms. The summed E-state index contributed by atoms with van der Waals surface area (Å²) in [7, 11) is 0. The van der Waals surface area contributed by atoms with Gasteiger partial charge in [0.15, 0.2) is 0 Å². The van der Waals surface area contributed by atoms with Gasteiger partial charge in [-0.15, -0.1) is 0 Å². The Bertz CT molecular complexity index is 1540. The summed E-state index contributed by atoms with van der Waals surface area (Å²) < 4.78 is 5.72. The van der Waals surface area contributed by atoms with E-state index in [0.29, 0.717) is 27.6 Å². The van der Waals surface area contributed by atoms with E-state index >= 15 is 0 Å². The number of allylic oxidation sites excluding steroid dienone is 2. The Morgan fingerprint density at radius 2 is 1.73 bits per heavy atom. The van der Waals surface area contributed by atoms with Gasteiger partial charge < -0.3 is 20.4 Å². The van der Waals surface area contributed by atoms with Crippen LogP contribution in [0.1, 0.15) is 53.3 Å². The fourth-order valence-corrected chi connectivity index (χ4v) is 6.03. The molecule has 1 aromatic heterocycles. The van der Waals surface area contributed by atoms with Crippen molar-refractivity contribution >= 4 is 35.0 Å². The summed E-state index contributed by atoms with van der Waals surface area (Å²) in [6.45, 7) is 11.8. The van der Waals surface area contributed by atoms with Gasteiger partial charge in [0.1, 0.15) is 5.76 Å². The number of furan rings is 1. The van der Waals surface area contributed by atoms with Gasteiger partial charge in [0, 0.05) is 17.1 Å². The second-order valence-electron chi connectivity index (χ2n) is 9.99. The lowest BCUT2D eigenvalue weighted by atomic mass is 9.85. The molecule has 4 rings (SSSR count). The first-order valence-corrected chi connectivity index (χ1v) is 14.2. The zero-order valence-electron chi connectivity index (χ0n) is 23.7. The van der Waals surface area contributed by atoms with Crippen molar-refractivity contribution in [3.8, 4) is 6.07 Å². The maximum Gasteiger partial charge on any atom is 0.254 e. The monoisotopic (exact) mass is 554 g/mol. The van der Waals surface area contributed by atoms with Crippen molar-refractivity contribution in [1.29, 1.82) is 5.26 Å². The molecular formula is C32H34N4O3S. The molecule has 1 aliphatic heterocycles. The normalized spacial score (nSPS) is 15.0. The lowest BCUT2D eigenvalue weighted by Crippen LogP contribution is -2.31. The molecule has 1 aliphatic rings. The van der Waals surface area contributed by atoms with E-state index < -0.39 is 5.92 Å². The molecule has 206 valence electrons. The predicted molar refractivity (Wildman–Crippen MR) is 161 cm³/mol. The summed E-state index contributed by atoms with van der Waals surface area (Å²) in [5, 5.41) is 20.1. The van der Waals surface area contributed by atoms with Gasteiger partial charge in [0.05, 0.1) is 40.2 Å². The molecule has 0 saturated carbocycles. The highest BCUT2D eigenvalue weighted by molar-refractivity contribution is 8.03. The van der Waals surface area contributed by atoms with E-state index in [1.54, 1.807) is 19.1 Å². The summed E-state index contributed by atoms with van der Waals surface area (Å²) in [4.78, 5) is 26.7. The highest BCUT2D eigenvalue weighted by atomic mass is 32.2. The number of hydrogen-bond donors (Lipinski definition) is 3. The van der Waals surface area contributed by atoms with Crippen molar-refractivity contribution in [2.75, 3.05) is 16.4 Å². The Hall–Kier alpha value is -4.22. The highest BCUT2D eigenvalue weighted by Crippen LogP contribution is 2.41. The molecule has 0 aliphatic carbocycles. The maximum atomic E-state index is 13.7. The summed E-state index contributed by atoms with van der Waals surface area (Å²) in [6.07, 6.45) is 2.33. The SMILES string of the molecule is CCc1cccc(C)c1NC(=O)CSC1=C(C#N)[C@@H](c2ccco2)C(C(=O)Nc2c(C)cc(C)cc2C)=C(C)N1. The van der Waals surface area contributed by atoms with Gasteiger partial charge in [0.25, 0.3) is 5.91 Å². The third-order valence-electron chi connectivity index (χ3n) is 6.99. The number of thioether (sulfide) groups is 1. The van der Waals surface area contributed by atoms with Crippen molar-refractivity contribution in [2.24, 2.45) is 0 Å². The summed E-state index contributed by atoms with van der Waals surface area (Å²) >= 11 is 1.23. The third kappa shape index (κ3) is 6.00. The number of dihydropyridines is 1. The second-order valence-corrected chi connectivity index (χ2v) is 11.0. The zero-order valence-corrected chi connectivity index (χ0v) is 24.5. The first kappa shape index (κ1) is 28.8. The van der Waals surface area contributed by atoms with Crippen LogP contribution in [0, 0.1) is 39.0 Å². The number of para-hydroxylation sites is 1. The van der Waals surface area contributed by atoms with Crippen molar-refractivity contribution in [1.82, 2.24) is 5.32 Å². The number of aryl methyl sites for hydroxylation is 5. The smallest absolute Gasteiger partial charge is 0.254 e. The standard InChI is InChI=1S/C32H34N4O3S/c1-7-23-11-8-10-19(3)30(23)35-26(37)17-40-32-24(16-33)28(25-12-9-13-39-25)27(22(6)34-32)31(38)36-29-20(4)14-18(2)15-21(29)5/h8-15,28,34H,7,17H2,1-6H3,(H,35,37)(H,36,38)/t28-/m0/s1. The molecule has 3 aromatic rings. The van der Waals surface area contributed by atoms with Crippen molar-refractivity contribution in [3.05, 3.63) is 104 Å². The lowest BCUT2D eigenvalue weighted by molar-refractivity contribution is -0.114. The molecule has 2 aromatic carbocycles. The molecule has 0 spiro atoms. The number of hydrogen-bond acceptors (Lipinski definition) is 6. The number of nitriles is 1. The van der Waals surface area contributed by atoms with Crippen LogP contribution in [0.3, 0.4) is 0 Å². The molecule has 2 heterocycles. The van der Waals surface area contributed by atoms with Crippen molar-refractivity contribution in [3.63, 3.8) is 0 Å². The average Bonchev–Trinajstić information content (AvgIpc) is 3.44. The molecule has 2 amide bonds. The minimum atomic E-state index is -0.721. The van der Waals surface area contributed by atoms with Gasteiger partial charge in [-0.2, -0.15) is 5.26 Å². The molecular weight excluding hydrogens is 520 g/mol. The molecule has 0 radical (unpaired) electrons. The van der Waals surface area contributed by atoms with E-state index in [0.717, 1.165) is 45.6 Å². The number of carbonyl (C=O) groups is 2. The largest absolute Gasteiger partial charge is 0.468 e. The van der Waals surface area contributed by atoms with E-state index in [1.165, 1.54) is 18.0 Å². The number of amides is 2. The van der Waals surface area contributed by atoms with Gasteiger partial charge in [-0.05, 0) is 75.4 Å². The number of nitrogens with one attached hydrogen (secondary N) is 3. The topological polar surface area (TPSA) is 107 Å². The van der Waals surface area contributed by atoms with Gasteiger partial charge >= 0.3 is 0 Å². The fraction of sp³-hybridized carbons (Fsp3) is 0.281. The summed E-state index contributed by atoms with van der Waals surface area (Å²) in [6, 6.07) is 15.8. The number of rotatable bonds is 8. The van der Waals surface area contributed by atoms with Gasteiger partial charge in [0.2, 0.25) is 5.91 Å². The van der Waals surface area contributed by atoms with Crippen LogP contribution in [0.15, 0.2) is 75.0 Å². The molecule has 0 unspecified atom stereocenters. The molecule has 1 atom stereocenters.